The summed E-state index contributed by atoms with van der Waals surface area (Å²) < 4.78 is 5.43. The number of nitrogens with one attached hydrogen (secondary N) is 1. The quantitative estimate of drug-likeness (QED) is 0.556. The van der Waals surface area contributed by atoms with Crippen molar-refractivity contribution in [2.45, 2.75) is 39.0 Å². The molecule has 0 spiro atoms. The fourth-order valence-corrected chi connectivity index (χ4v) is 1.33. The minimum Gasteiger partial charge on any atom is -0.380 e. The summed E-state index contributed by atoms with van der Waals surface area (Å²) in [4.78, 5) is 0. The van der Waals surface area contributed by atoms with Crippen LogP contribution in [0.5, 0.6) is 0 Å². The smallest absolute Gasteiger partial charge is 0.0590 e. The van der Waals surface area contributed by atoms with Gasteiger partial charge < -0.3 is 10.1 Å². The molecular weight excluding hydrogens is 162 g/mol. The Balaban J connectivity index is 1.63. The Labute approximate surface area is 82.0 Å². The summed E-state index contributed by atoms with van der Waals surface area (Å²) in [7, 11) is 0. The van der Waals surface area contributed by atoms with Gasteiger partial charge in [-0.1, -0.05) is 26.2 Å². The van der Waals surface area contributed by atoms with Crippen LogP contribution < -0.4 is 5.32 Å². The Morgan fingerprint density at radius 1 is 1.23 bits per heavy atom. The van der Waals surface area contributed by atoms with E-state index >= 15 is 0 Å². The predicted molar refractivity (Wildman–Crippen MR) is 55.9 cm³/mol. The van der Waals surface area contributed by atoms with Crippen molar-refractivity contribution in [2.24, 2.45) is 5.92 Å². The zero-order valence-corrected chi connectivity index (χ0v) is 8.85. The Morgan fingerprint density at radius 3 is 2.77 bits per heavy atom. The lowest BCUT2D eigenvalue weighted by Gasteiger charge is -2.04. The minimum absolute atomic E-state index is 0.880. The molecule has 0 atom stereocenters. The summed E-state index contributed by atoms with van der Waals surface area (Å²) in [5.41, 5.74) is 0. The van der Waals surface area contributed by atoms with E-state index in [0.29, 0.717) is 0 Å². The predicted octanol–water partition coefficient (Wildman–Crippen LogP) is 2.19. The van der Waals surface area contributed by atoms with Crippen molar-refractivity contribution >= 4 is 0 Å². The molecule has 0 amide bonds. The third-order valence-corrected chi connectivity index (χ3v) is 2.49. The summed E-state index contributed by atoms with van der Waals surface area (Å²) in [6, 6.07) is 0. The van der Waals surface area contributed by atoms with Gasteiger partial charge in [0.2, 0.25) is 0 Å². The Morgan fingerprint density at radius 2 is 2.08 bits per heavy atom. The van der Waals surface area contributed by atoms with Gasteiger partial charge in [0.25, 0.3) is 0 Å². The van der Waals surface area contributed by atoms with Crippen LogP contribution in [0.15, 0.2) is 0 Å². The highest BCUT2D eigenvalue weighted by Gasteiger charge is 2.19. The maximum atomic E-state index is 5.43. The monoisotopic (exact) mass is 185 g/mol. The molecule has 0 saturated heterocycles. The van der Waals surface area contributed by atoms with E-state index in [-0.39, 0.29) is 0 Å². The molecule has 2 nitrogen and oxygen atoms in total. The van der Waals surface area contributed by atoms with Crippen molar-refractivity contribution in [3.05, 3.63) is 0 Å². The first kappa shape index (κ1) is 11.0. The Kier molecular flexibility index (Phi) is 6.21. The lowest BCUT2D eigenvalue weighted by atomic mass is 10.3. The maximum absolute atomic E-state index is 5.43. The van der Waals surface area contributed by atoms with E-state index in [1.807, 2.05) is 0 Å². The van der Waals surface area contributed by atoms with E-state index in [9.17, 15) is 0 Å². The molecule has 13 heavy (non-hydrogen) atoms. The fraction of sp³-hybridized carbons (Fsp3) is 1.00. The van der Waals surface area contributed by atoms with Crippen LogP contribution in [-0.4, -0.2) is 26.3 Å². The molecule has 0 radical (unpaired) electrons. The second-order valence-corrected chi connectivity index (χ2v) is 3.95. The van der Waals surface area contributed by atoms with Crippen molar-refractivity contribution < 1.29 is 4.74 Å². The second-order valence-electron chi connectivity index (χ2n) is 3.95. The van der Waals surface area contributed by atoms with Crippen LogP contribution in [0.1, 0.15) is 39.0 Å². The molecule has 0 aliphatic heterocycles. The molecule has 1 N–H and O–H groups in total. The van der Waals surface area contributed by atoms with Crippen molar-refractivity contribution in [1.29, 1.82) is 0 Å². The highest BCUT2D eigenvalue weighted by atomic mass is 16.5. The number of hydrogen-bond donors (Lipinski definition) is 1. The molecule has 0 aromatic rings. The third-order valence-electron chi connectivity index (χ3n) is 2.49. The summed E-state index contributed by atoms with van der Waals surface area (Å²) in [5.74, 6) is 1.05. The van der Waals surface area contributed by atoms with Gasteiger partial charge in [-0.05, 0) is 25.3 Å². The topological polar surface area (TPSA) is 21.3 Å². The number of rotatable bonds is 9. The van der Waals surface area contributed by atoms with Gasteiger partial charge in [0.05, 0.1) is 6.61 Å². The fourth-order valence-electron chi connectivity index (χ4n) is 1.33. The average molecular weight is 185 g/mol. The van der Waals surface area contributed by atoms with Crippen molar-refractivity contribution in [2.75, 3.05) is 26.3 Å². The summed E-state index contributed by atoms with van der Waals surface area (Å²) in [6.45, 7) is 6.21. The van der Waals surface area contributed by atoms with Gasteiger partial charge in [-0.3, -0.25) is 0 Å². The first-order chi connectivity index (χ1) is 6.43. The van der Waals surface area contributed by atoms with E-state index in [2.05, 4.69) is 12.2 Å². The van der Waals surface area contributed by atoms with Crippen LogP contribution in [-0.2, 0) is 4.74 Å². The van der Waals surface area contributed by atoms with Crippen LogP contribution in [0, 0.1) is 5.92 Å². The van der Waals surface area contributed by atoms with E-state index in [0.717, 1.165) is 25.7 Å². The van der Waals surface area contributed by atoms with E-state index in [1.165, 1.54) is 38.6 Å². The van der Waals surface area contributed by atoms with Crippen molar-refractivity contribution in [3.8, 4) is 0 Å². The number of ether oxygens (including phenoxy) is 1. The van der Waals surface area contributed by atoms with Gasteiger partial charge in [-0.25, -0.2) is 0 Å². The third kappa shape index (κ3) is 7.03. The SMILES string of the molecule is CCCCOCCNCCC1CC1. The van der Waals surface area contributed by atoms with Gasteiger partial charge in [0.15, 0.2) is 0 Å². The highest BCUT2D eigenvalue weighted by Crippen LogP contribution is 2.31. The van der Waals surface area contributed by atoms with Crippen LogP contribution in [0.3, 0.4) is 0 Å². The molecule has 0 unspecified atom stereocenters. The normalized spacial score (nSPS) is 16.4. The Hall–Kier alpha value is -0.0800. The zero-order valence-electron chi connectivity index (χ0n) is 8.85. The van der Waals surface area contributed by atoms with E-state index < -0.39 is 0 Å². The number of unbranched alkanes of at least 4 members (excludes halogenated alkanes) is 1. The van der Waals surface area contributed by atoms with Gasteiger partial charge in [0, 0.05) is 13.2 Å². The standard InChI is InChI=1S/C11H23NO/c1-2-3-9-13-10-8-12-7-6-11-4-5-11/h11-12H,2-10H2,1H3. The summed E-state index contributed by atoms with van der Waals surface area (Å²) >= 11 is 0. The van der Waals surface area contributed by atoms with E-state index in [1.54, 1.807) is 0 Å². The van der Waals surface area contributed by atoms with Crippen molar-refractivity contribution in [1.82, 2.24) is 5.32 Å². The molecule has 2 heteroatoms. The largest absolute Gasteiger partial charge is 0.380 e. The molecule has 1 aliphatic rings. The molecule has 1 saturated carbocycles. The molecule has 0 bridgehead atoms. The molecular formula is C11H23NO. The molecule has 78 valence electrons. The van der Waals surface area contributed by atoms with Gasteiger partial charge in [-0.2, -0.15) is 0 Å². The molecule has 0 aromatic carbocycles. The van der Waals surface area contributed by atoms with Crippen molar-refractivity contribution in [3.63, 3.8) is 0 Å². The molecule has 1 rings (SSSR count). The minimum atomic E-state index is 0.880. The van der Waals surface area contributed by atoms with Crippen LogP contribution in [0.4, 0.5) is 0 Å². The average Bonchev–Trinajstić information content (AvgIpc) is 2.93. The van der Waals surface area contributed by atoms with Crippen LogP contribution in [0.25, 0.3) is 0 Å². The summed E-state index contributed by atoms with van der Waals surface area (Å²) in [6.07, 6.45) is 6.73. The van der Waals surface area contributed by atoms with Gasteiger partial charge >= 0.3 is 0 Å². The molecule has 0 aromatic heterocycles. The van der Waals surface area contributed by atoms with Gasteiger partial charge in [0.1, 0.15) is 0 Å². The highest BCUT2D eigenvalue weighted by molar-refractivity contribution is 4.73. The first-order valence-corrected chi connectivity index (χ1v) is 5.72. The first-order valence-electron chi connectivity index (χ1n) is 5.72. The van der Waals surface area contributed by atoms with Crippen LogP contribution >= 0.6 is 0 Å². The molecule has 0 heterocycles. The van der Waals surface area contributed by atoms with E-state index in [4.69, 9.17) is 4.74 Å². The second kappa shape index (κ2) is 7.34. The Bertz CT molecular complexity index is 113. The molecule has 1 fully saturated rings. The molecule has 1 aliphatic carbocycles. The van der Waals surface area contributed by atoms with Gasteiger partial charge in [-0.15, -0.1) is 0 Å². The van der Waals surface area contributed by atoms with Crippen LogP contribution in [0.2, 0.25) is 0 Å². The maximum Gasteiger partial charge on any atom is 0.0590 e. The zero-order chi connectivity index (χ0) is 9.36. The lowest BCUT2D eigenvalue weighted by Crippen LogP contribution is -2.21. The number of hydrogen-bond acceptors (Lipinski definition) is 2. The lowest BCUT2D eigenvalue weighted by molar-refractivity contribution is 0.133. The summed E-state index contributed by atoms with van der Waals surface area (Å²) in [5, 5.41) is 3.41.